The molecule has 1 unspecified atom stereocenters. The predicted molar refractivity (Wildman–Crippen MR) is 70.9 cm³/mol. The Morgan fingerprint density at radius 2 is 1.68 bits per heavy atom. The maximum atomic E-state index is 12.3. The van der Waals surface area contributed by atoms with Gasteiger partial charge in [0.25, 0.3) is 10.2 Å². The maximum Gasteiger partial charge on any atom is 0.322 e. The van der Waals surface area contributed by atoms with E-state index >= 15 is 0 Å². The van der Waals surface area contributed by atoms with Crippen LogP contribution in [0.3, 0.4) is 0 Å². The second-order valence-electron chi connectivity index (χ2n) is 5.42. The Bertz CT molecular complexity index is 417. The fourth-order valence-electron chi connectivity index (χ4n) is 2.94. The van der Waals surface area contributed by atoms with Crippen molar-refractivity contribution >= 4 is 16.2 Å². The molecule has 0 aromatic heterocycles. The highest BCUT2D eigenvalue weighted by Crippen LogP contribution is 2.23. The van der Waals surface area contributed by atoms with Crippen molar-refractivity contribution in [3.8, 4) is 0 Å². The lowest BCUT2D eigenvalue weighted by molar-refractivity contribution is -0.142. The van der Waals surface area contributed by atoms with E-state index in [2.05, 4.69) is 4.72 Å². The van der Waals surface area contributed by atoms with Crippen LogP contribution in [-0.4, -0.2) is 42.4 Å². The van der Waals surface area contributed by atoms with Crippen molar-refractivity contribution in [3.63, 3.8) is 0 Å². The van der Waals surface area contributed by atoms with Gasteiger partial charge in [-0.15, -0.1) is 0 Å². The van der Waals surface area contributed by atoms with E-state index in [9.17, 15) is 13.2 Å². The number of hydrogen-bond acceptors (Lipinski definition) is 3. The van der Waals surface area contributed by atoms with Gasteiger partial charge in [0.2, 0.25) is 0 Å². The lowest BCUT2D eigenvalue weighted by Gasteiger charge is -2.34. The summed E-state index contributed by atoms with van der Waals surface area (Å²) < 4.78 is 28.5. The highest BCUT2D eigenvalue weighted by atomic mass is 32.2. The second kappa shape index (κ2) is 6.19. The minimum absolute atomic E-state index is 0.0323. The molecule has 0 aromatic rings. The van der Waals surface area contributed by atoms with Gasteiger partial charge in [-0.1, -0.05) is 19.3 Å². The van der Waals surface area contributed by atoms with Gasteiger partial charge in [0.15, 0.2) is 0 Å². The van der Waals surface area contributed by atoms with Crippen molar-refractivity contribution in [2.24, 2.45) is 0 Å². The molecule has 110 valence electrons. The number of hydrogen-bond donors (Lipinski definition) is 2. The summed E-state index contributed by atoms with van der Waals surface area (Å²) >= 11 is 0. The van der Waals surface area contributed by atoms with Crippen molar-refractivity contribution in [3.05, 3.63) is 0 Å². The van der Waals surface area contributed by atoms with Gasteiger partial charge < -0.3 is 5.11 Å². The summed E-state index contributed by atoms with van der Waals surface area (Å²) in [4.78, 5) is 11.2. The second-order valence-corrected chi connectivity index (χ2v) is 7.07. The van der Waals surface area contributed by atoms with Crippen LogP contribution in [0.5, 0.6) is 0 Å². The summed E-state index contributed by atoms with van der Waals surface area (Å²) in [5.74, 6) is -1.05. The molecule has 19 heavy (non-hydrogen) atoms. The van der Waals surface area contributed by atoms with Gasteiger partial charge in [0.05, 0.1) is 0 Å². The Labute approximate surface area is 114 Å². The van der Waals surface area contributed by atoms with Crippen LogP contribution >= 0.6 is 0 Å². The van der Waals surface area contributed by atoms with Crippen LogP contribution in [0.1, 0.15) is 51.4 Å². The van der Waals surface area contributed by atoms with Gasteiger partial charge in [0.1, 0.15) is 6.04 Å². The number of nitrogens with one attached hydrogen (secondary N) is 1. The zero-order valence-corrected chi connectivity index (χ0v) is 11.9. The maximum absolute atomic E-state index is 12.3. The minimum Gasteiger partial charge on any atom is -0.480 e. The standard InChI is InChI=1S/C12H22N2O4S/c15-12(16)11-8-4-5-9-14(11)19(17,18)13-10-6-2-1-3-7-10/h10-11,13H,1-9H2,(H,15,16). The van der Waals surface area contributed by atoms with Crippen LogP contribution in [0.15, 0.2) is 0 Å². The topological polar surface area (TPSA) is 86.7 Å². The molecule has 1 aliphatic heterocycles. The van der Waals surface area contributed by atoms with Crippen LogP contribution in [0.25, 0.3) is 0 Å². The van der Waals surface area contributed by atoms with E-state index in [1.807, 2.05) is 0 Å². The molecule has 6 nitrogen and oxygen atoms in total. The predicted octanol–water partition coefficient (Wildman–Crippen LogP) is 1.09. The largest absolute Gasteiger partial charge is 0.480 e. The first kappa shape index (κ1) is 14.7. The molecule has 2 fully saturated rings. The monoisotopic (exact) mass is 290 g/mol. The number of nitrogens with zero attached hydrogens (tertiary/aromatic N) is 1. The molecule has 0 amide bonds. The normalized spacial score (nSPS) is 27.3. The molecule has 0 aromatic carbocycles. The van der Waals surface area contributed by atoms with Crippen molar-refractivity contribution in [2.45, 2.75) is 63.5 Å². The molecule has 1 heterocycles. The van der Waals surface area contributed by atoms with E-state index in [1.54, 1.807) is 0 Å². The molecule has 0 spiro atoms. The molecule has 7 heteroatoms. The molecule has 2 rings (SSSR count). The first-order chi connectivity index (χ1) is 9.00. The molecule has 1 atom stereocenters. The molecule has 0 bridgehead atoms. The molecule has 0 radical (unpaired) electrons. The number of rotatable bonds is 4. The Morgan fingerprint density at radius 3 is 2.32 bits per heavy atom. The van der Waals surface area contributed by atoms with Gasteiger partial charge in [0, 0.05) is 12.6 Å². The van der Waals surface area contributed by atoms with Crippen molar-refractivity contribution in [1.29, 1.82) is 0 Å². The van der Waals surface area contributed by atoms with Gasteiger partial charge in [-0.3, -0.25) is 4.79 Å². The van der Waals surface area contributed by atoms with Crippen LogP contribution in [0.4, 0.5) is 0 Å². The minimum atomic E-state index is -3.67. The van der Waals surface area contributed by atoms with E-state index < -0.39 is 22.2 Å². The number of piperidine rings is 1. The van der Waals surface area contributed by atoms with Crippen molar-refractivity contribution < 1.29 is 18.3 Å². The average molecular weight is 290 g/mol. The number of carboxylic acids is 1. The van der Waals surface area contributed by atoms with Gasteiger partial charge in [-0.25, -0.2) is 0 Å². The molecule has 1 saturated carbocycles. The summed E-state index contributed by atoms with van der Waals surface area (Å²) in [5, 5.41) is 9.14. The van der Waals surface area contributed by atoms with Crippen LogP contribution in [0, 0.1) is 0 Å². The summed E-state index contributed by atoms with van der Waals surface area (Å²) in [7, 11) is -3.67. The van der Waals surface area contributed by atoms with Gasteiger partial charge in [-0.05, 0) is 32.1 Å². The zero-order valence-electron chi connectivity index (χ0n) is 11.0. The lowest BCUT2D eigenvalue weighted by atomic mass is 9.96. The SMILES string of the molecule is O=C(O)C1CCCCN1S(=O)(=O)NC1CCCCC1. The first-order valence-electron chi connectivity index (χ1n) is 7.02. The molecular formula is C12H22N2O4S. The molecule has 2 N–H and O–H groups in total. The van der Waals surface area contributed by atoms with Crippen LogP contribution in [0.2, 0.25) is 0 Å². The van der Waals surface area contributed by atoms with Crippen LogP contribution in [-0.2, 0) is 15.0 Å². The number of carboxylic acid groups (broad SMARTS) is 1. The van der Waals surface area contributed by atoms with E-state index in [-0.39, 0.29) is 6.04 Å². The fraction of sp³-hybridized carbons (Fsp3) is 0.917. The summed E-state index contributed by atoms with van der Waals surface area (Å²) in [6.07, 6.45) is 6.84. The lowest BCUT2D eigenvalue weighted by Crippen LogP contribution is -2.54. The Balaban J connectivity index is 2.05. The Morgan fingerprint density at radius 1 is 1.05 bits per heavy atom. The van der Waals surface area contributed by atoms with Crippen LogP contribution < -0.4 is 4.72 Å². The van der Waals surface area contributed by atoms with Gasteiger partial charge >= 0.3 is 5.97 Å². The van der Waals surface area contributed by atoms with E-state index in [0.717, 1.165) is 49.3 Å². The molecule has 1 saturated heterocycles. The van der Waals surface area contributed by atoms with Crippen molar-refractivity contribution in [1.82, 2.24) is 9.03 Å². The third kappa shape index (κ3) is 3.67. The number of carbonyl (C=O) groups is 1. The summed E-state index contributed by atoms with van der Waals surface area (Å²) in [6, 6.07) is -0.940. The van der Waals surface area contributed by atoms with Gasteiger partial charge in [-0.2, -0.15) is 17.4 Å². The quantitative estimate of drug-likeness (QED) is 0.811. The van der Waals surface area contributed by atoms with E-state index in [0.29, 0.717) is 13.0 Å². The highest BCUT2D eigenvalue weighted by Gasteiger charge is 2.37. The Kier molecular flexibility index (Phi) is 4.81. The first-order valence-corrected chi connectivity index (χ1v) is 8.46. The highest BCUT2D eigenvalue weighted by molar-refractivity contribution is 7.87. The average Bonchev–Trinajstić information content (AvgIpc) is 2.39. The van der Waals surface area contributed by atoms with E-state index in [4.69, 9.17) is 5.11 Å². The number of aliphatic carboxylic acids is 1. The Hall–Kier alpha value is -0.660. The summed E-state index contributed by atoms with van der Waals surface area (Å²) in [6.45, 7) is 0.305. The third-order valence-corrected chi connectivity index (χ3v) is 5.65. The molecule has 1 aliphatic carbocycles. The molecule has 2 aliphatic rings. The smallest absolute Gasteiger partial charge is 0.322 e. The molecular weight excluding hydrogens is 268 g/mol. The van der Waals surface area contributed by atoms with E-state index in [1.165, 1.54) is 0 Å². The zero-order chi connectivity index (χ0) is 13.9. The van der Waals surface area contributed by atoms with Crippen molar-refractivity contribution in [2.75, 3.05) is 6.54 Å². The third-order valence-electron chi connectivity index (χ3n) is 3.97. The summed E-state index contributed by atoms with van der Waals surface area (Å²) in [5.41, 5.74) is 0. The fourth-order valence-corrected chi connectivity index (χ4v) is 4.63.